The van der Waals surface area contributed by atoms with Gasteiger partial charge in [0.25, 0.3) is 0 Å². The van der Waals surface area contributed by atoms with Crippen molar-refractivity contribution < 1.29 is 8.83 Å². The van der Waals surface area contributed by atoms with Crippen molar-refractivity contribution >= 4 is 110 Å². The van der Waals surface area contributed by atoms with E-state index in [2.05, 4.69) is 204 Å². The average molecular weight is 907 g/mol. The maximum Gasteiger partial charge on any atom is 0.135 e. The Bertz CT molecular complexity index is 3670. The van der Waals surface area contributed by atoms with Crippen LogP contribution >= 0.6 is 0 Å². The van der Waals surface area contributed by atoms with Crippen LogP contribution in [0.15, 0.2) is 203 Å². The van der Waals surface area contributed by atoms with Crippen LogP contribution in [-0.2, 0) is 0 Å². The first kappa shape index (κ1) is 41.2. The molecule has 12 aromatic rings. The van der Waals surface area contributed by atoms with Crippen LogP contribution in [0.4, 0.5) is 34.1 Å². The van der Waals surface area contributed by atoms with Gasteiger partial charge in [-0.2, -0.15) is 0 Å². The van der Waals surface area contributed by atoms with Gasteiger partial charge in [0.05, 0.1) is 11.4 Å². The van der Waals surface area contributed by atoms with E-state index in [1.165, 1.54) is 119 Å². The molecule has 10 aromatic carbocycles. The van der Waals surface area contributed by atoms with Crippen LogP contribution < -0.4 is 9.80 Å². The largest absolute Gasteiger partial charge is 0.456 e. The molecule has 14 rings (SSSR count). The minimum atomic E-state index is 0.549. The zero-order chi connectivity index (χ0) is 46.1. The summed E-state index contributed by atoms with van der Waals surface area (Å²) in [4.78, 5) is 5.01. The van der Waals surface area contributed by atoms with Gasteiger partial charge in [0.1, 0.15) is 22.3 Å². The smallest absolute Gasteiger partial charge is 0.135 e. The van der Waals surface area contributed by atoms with Gasteiger partial charge in [0.2, 0.25) is 0 Å². The van der Waals surface area contributed by atoms with Crippen LogP contribution in [0.25, 0.3) is 76.2 Å². The van der Waals surface area contributed by atoms with Crippen LogP contribution in [-0.4, -0.2) is 0 Å². The second-order valence-corrected chi connectivity index (χ2v) is 20.1. The second kappa shape index (κ2) is 17.0. The summed E-state index contributed by atoms with van der Waals surface area (Å²) in [6.07, 6.45) is 12.8. The maximum atomic E-state index is 6.41. The predicted molar refractivity (Wildman–Crippen MR) is 295 cm³/mol. The number of benzene rings is 10. The third kappa shape index (κ3) is 6.95. The van der Waals surface area contributed by atoms with E-state index >= 15 is 0 Å². The highest BCUT2D eigenvalue weighted by Gasteiger charge is 2.26. The quantitative estimate of drug-likeness (QED) is 0.142. The van der Waals surface area contributed by atoms with Crippen LogP contribution in [0, 0.1) is 0 Å². The van der Waals surface area contributed by atoms with Crippen LogP contribution in [0.2, 0.25) is 0 Å². The lowest BCUT2D eigenvalue weighted by Crippen LogP contribution is -2.12. The Labute approximate surface area is 408 Å². The summed E-state index contributed by atoms with van der Waals surface area (Å²) in [5.74, 6) is 1.10. The molecule has 2 aliphatic rings. The summed E-state index contributed by atoms with van der Waals surface area (Å²) in [5, 5.41) is 12.0. The standard InChI is InChI=1S/C66H54N2O2/c1-5-17-43(18-6-1)45-29-33-51-55-42-62(68(48-23-11-4-12-24-48)50-32-36-66-60(40-50)54-26-14-16-28-64(54)70-66)58-38-46(44-19-7-2-8-20-44)30-34-52(58)56(55)41-61(57(51)37-45)67(47-21-9-3-10-22-47)49-31-35-65-59(39-49)53-25-13-15-27-63(53)69-65/h3-4,9-16,21-44H,1-2,5-8,17-20H2. The summed E-state index contributed by atoms with van der Waals surface area (Å²) < 4.78 is 12.8. The van der Waals surface area contributed by atoms with Gasteiger partial charge < -0.3 is 18.6 Å². The minimum absolute atomic E-state index is 0.549. The summed E-state index contributed by atoms with van der Waals surface area (Å²) in [6, 6.07) is 72.3. The van der Waals surface area contributed by atoms with E-state index in [0.717, 1.165) is 66.6 Å². The fourth-order valence-electron chi connectivity index (χ4n) is 12.5. The molecule has 70 heavy (non-hydrogen) atoms. The van der Waals surface area contributed by atoms with Crippen molar-refractivity contribution in [3.8, 4) is 0 Å². The Morgan fingerprint density at radius 3 is 1.11 bits per heavy atom. The van der Waals surface area contributed by atoms with E-state index in [1.807, 2.05) is 0 Å². The Morgan fingerprint density at radius 2 is 0.671 bits per heavy atom. The lowest BCUT2D eigenvalue weighted by atomic mass is 9.82. The molecule has 4 nitrogen and oxygen atoms in total. The van der Waals surface area contributed by atoms with E-state index in [9.17, 15) is 0 Å². The molecule has 340 valence electrons. The monoisotopic (exact) mass is 906 g/mol. The summed E-state index contributed by atoms with van der Waals surface area (Å²) in [7, 11) is 0. The van der Waals surface area contributed by atoms with Crippen molar-refractivity contribution in [3.05, 3.63) is 205 Å². The number of fused-ring (bicyclic) bond motifs is 11. The molecule has 0 amide bonds. The highest BCUT2D eigenvalue weighted by Crippen LogP contribution is 2.50. The second-order valence-electron chi connectivity index (χ2n) is 20.1. The maximum absolute atomic E-state index is 6.41. The molecule has 0 spiro atoms. The van der Waals surface area contributed by atoms with Crippen molar-refractivity contribution in [1.82, 2.24) is 0 Å². The zero-order valence-corrected chi connectivity index (χ0v) is 39.4. The lowest BCUT2D eigenvalue weighted by Gasteiger charge is -2.31. The predicted octanol–water partition coefficient (Wildman–Crippen LogP) is 20.0. The van der Waals surface area contributed by atoms with Gasteiger partial charge in [-0.1, -0.05) is 136 Å². The lowest BCUT2D eigenvalue weighted by molar-refractivity contribution is 0.444. The van der Waals surface area contributed by atoms with Crippen molar-refractivity contribution in [2.75, 3.05) is 9.80 Å². The van der Waals surface area contributed by atoms with E-state index < -0.39 is 0 Å². The highest BCUT2D eigenvalue weighted by atomic mass is 16.3. The zero-order valence-electron chi connectivity index (χ0n) is 39.4. The van der Waals surface area contributed by atoms with Gasteiger partial charge in [-0.25, -0.2) is 0 Å². The Hall–Kier alpha value is -7.82. The molecule has 2 aliphatic carbocycles. The summed E-state index contributed by atoms with van der Waals surface area (Å²) in [6.45, 7) is 0. The molecule has 2 fully saturated rings. The first-order valence-electron chi connectivity index (χ1n) is 25.7. The molecular weight excluding hydrogens is 853 g/mol. The molecule has 2 aromatic heterocycles. The Morgan fingerprint density at radius 1 is 0.271 bits per heavy atom. The first-order valence-corrected chi connectivity index (χ1v) is 25.7. The average Bonchev–Trinajstić information content (AvgIpc) is 4.00. The SMILES string of the molecule is c1ccc(N(c2ccc3oc4ccccc4c3c2)c2cc3c4ccc(C5CCCCC5)cc4c(N(c4ccccc4)c4ccc5oc6ccccc6c5c4)cc3c3ccc(C4CCCCC4)cc23)cc1. The number of furan rings is 2. The highest BCUT2D eigenvalue weighted by molar-refractivity contribution is 6.25. The molecule has 0 radical (unpaired) electrons. The first-order chi connectivity index (χ1) is 34.7. The number of para-hydroxylation sites is 4. The molecule has 0 N–H and O–H groups in total. The van der Waals surface area contributed by atoms with E-state index in [4.69, 9.17) is 8.83 Å². The molecule has 0 atom stereocenters. The molecule has 0 aliphatic heterocycles. The number of nitrogens with zero attached hydrogens (tertiary/aromatic N) is 2. The van der Waals surface area contributed by atoms with E-state index in [-0.39, 0.29) is 0 Å². The summed E-state index contributed by atoms with van der Waals surface area (Å²) in [5.41, 5.74) is 13.3. The molecule has 0 saturated heterocycles. The van der Waals surface area contributed by atoms with Crippen molar-refractivity contribution in [2.45, 2.75) is 76.0 Å². The fraction of sp³-hybridized carbons (Fsp3) is 0.182. The van der Waals surface area contributed by atoms with Crippen LogP contribution in [0.5, 0.6) is 0 Å². The van der Waals surface area contributed by atoms with Gasteiger partial charge in [-0.05, 0) is 167 Å². The number of hydrogen-bond acceptors (Lipinski definition) is 4. The third-order valence-electron chi connectivity index (χ3n) is 16.0. The van der Waals surface area contributed by atoms with Gasteiger partial charge >= 0.3 is 0 Å². The minimum Gasteiger partial charge on any atom is -0.456 e. The Balaban J connectivity index is 1.08. The molecule has 2 saturated carbocycles. The molecule has 0 bridgehead atoms. The van der Waals surface area contributed by atoms with Crippen molar-refractivity contribution in [1.29, 1.82) is 0 Å². The van der Waals surface area contributed by atoms with Gasteiger partial charge in [-0.3, -0.25) is 0 Å². The van der Waals surface area contributed by atoms with E-state index in [0.29, 0.717) is 11.8 Å². The number of hydrogen-bond donors (Lipinski definition) is 0. The summed E-state index contributed by atoms with van der Waals surface area (Å²) >= 11 is 0. The molecule has 0 unspecified atom stereocenters. The number of anilines is 6. The van der Waals surface area contributed by atoms with Crippen molar-refractivity contribution in [2.24, 2.45) is 0 Å². The topological polar surface area (TPSA) is 32.8 Å². The number of rotatable bonds is 8. The third-order valence-corrected chi connectivity index (χ3v) is 16.0. The molecular formula is C66H54N2O2. The Kier molecular flexibility index (Phi) is 10.00. The van der Waals surface area contributed by atoms with Crippen LogP contribution in [0.3, 0.4) is 0 Å². The normalized spacial score (nSPS) is 15.0. The van der Waals surface area contributed by atoms with Gasteiger partial charge in [-0.15, -0.1) is 0 Å². The van der Waals surface area contributed by atoms with Crippen molar-refractivity contribution in [3.63, 3.8) is 0 Å². The van der Waals surface area contributed by atoms with E-state index in [1.54, 1.807) is 0 Å². The molecule has 2 heterocycles. The van der Waals surface area contributed by atoms with Gasteiger partial charge in [0, 0.05) is 55.1 Å². The van der Waals surface area contributed by atoms with Crippen LogP contribution in [0.1, 0.15) is 87.2 Å². The fourth-order valence-corrected chi connectivity index (χ4v) is 12.5. The van der Waals surface area contributed by atoms with Gasteiger partial charge in [0.15, 0.2) is 0 Å². The molecule has 4 heteroatoms.